The molecule has 5 nitrogen and oxygen atoms in total. The van der Waals surface area contributed by atoms with Crippen molar-refractivity contribution in [2.24, 2.45) is 17.6 Å². The summed E-state index contributed by atoms with van der Waals surface area (Å²) >= 11 is 0. The first-order valence-electron chi connectivity index (χ1n) is 7.33. The van der Waals surface area contributed by atoms with Gasteiger partial charge in [0.05, 0.1) is 5.54 Å². The van der Waals surface area contributed by atoms with E-state index >= 15 is 0 Å². The van der Waals surface area contributed by atoms with Crippen molar-refractivity contribution in [3.05, 3.63) is 11.7 Å². The van der Waals surface area contributed by atoms with Gasteiger partial charge < -0.3 is 15.0 Å². The molecule has 0 bridgehead atoms. The topological polar surface area (TPSA) is 74.2 Å². The summed E-state index contributed by atoms with van der Waals surface area (Å²) in [5.74, 6) is 2.33. The van der Waals surface area contributed by atoms with Gasteiger partial charge in [-0.15, -0.1) is 0 Å². The molecule has 0 aromatic carbocycles. The highest BCUT2D eigenvalue weighted by Crippen LogP contribution is 2.38. The number of ether oxygens (including phenoxy) is 1. The molecule has 0 radical (unpaired) electrons. The van der Waals surface area contributed by atoms with Crippen molar-refractivity contribution in [2.45, 2.75) is 57.6 Å². The zero-order valence-electron chi connectivity index (χ0n) is 11.8. The van der Waals surface area contributed by atoms with E-state index in [4.69, 9.17) is 15.0 Å². The summed E-state index contributed by atoms with van der Waals surface area (Å²) in [6.07, 6.45) is 5.26. The largest absolute Gasteiger partial charge is 0.368 e. The van der Waals surface area contributed by atoms with E-state index in [-0.39, 0.29) is 6.10 Å². The van der Waals surface area contributed by atoms with Crippen LogP contribution in [0.25, 0.3) is 0 Å². The molecular weight excluding hydrogens is 242 g/mol. The third-order valence-corrected chi connectivity index (χ3v) is 4.55. The van der Waals surface area contributed by atoms with Crippen LogP contribution in [0.15, 0.2) is 4.52 Å². The minimum absolute atomic E-state index is 0.0501. The van der Waals surface area contributed by atoms with E-state index in [9.17, 15) is 0 Å². The van der Waals surface area contributed by atoms with Crippen molar-refractivity contribution in [1.29, 1.82) is 0 Å². The first-order chi connectivity index (χ1) is 9.08. The zero-order chi connectivity index (χ0) is 13.5. The SMILES string of the molecule is CC1CCCC(N)(c2noc(C3OCCC3C)n2)C1. The summed E-state index contributed by atoms with van der Waals surface area (Å²) in [7, 11) is 0. The van der Waals surface area contributed by atoms with Gasteiger partial charge >= 0.3 is 0 Å². The Labute approximate surface area is 113 Å². The first kappa shape index (κ1) is 13.1. The number of nitrogens with two attached hydrogens (primary N) is 1. The number of nitrogens with zero attached hydrogens (tertiary/aromatic N) is 2. The van der Waals surface area contributed by atoms with E-state index in [1.807, 2.05) is 0 Å². The van der Waals surface area contributed by atoms with Crippen LogP contribution >= 0.6 is 0 Å². The Hall–Kier alpha value is -0.940. The molecule has 5 heteroatoms. The van der Waals surface area contributed by atoms with Gasteiger partial charge in [-0.25, -0.2) is 0 Å². The molecule has 2 aliphatic rings. The van der Waals surface area contributed by atoms with Crippen molar-refractivity contribution in [3.63, 3.8) is 0 Å². The Morgan fingerprint density at radius 3 is 2.84 bits per heavy atom. The summed E-state index contributed by atoms with van der Waals surface area (Å²) in [5.41, 5.74) is 6.08. The molecule has 1 aliphatic carbocycles. The predicted molar refractivity (Wildman–Crippen MR) is 70.3 cm³/mol. The van der Waals surface area contributed by atoms with Crippen LogP contribution in [-0.4, -0.2) is 16.7 Å². The monoisotopic (exact) mass is 265 g/mol. The highest BCUT2D eigenvalue weighted by molar-refractivity contribution is 5.07. The number of hydrogen-bond acceptors (Lipinski definition) is 5. The molecule has 4 unspecified atom stereocenters. The third kappa shape index (κ3) is 2.41. The molecule has 2 N–H and O–H groups in total. The van der Waals surface area contributed by atoms with Crippen molar-refractivity contribution in [1.82, 2.24) is 10.1 Å². The molecule has 2 fully saturated rings. The predicted octanol–water partition coefficient (Wildman–Crippen LogP) is 2.53. The maximum atomic E-state index is 6.49. The fourth-order valence-corrected chi connectivity index (χ4v) is 3.36. The van der Waals surface area contributed by atoms with Gasteiger partial charge in [-0.2, -0.15) is 4.98 Å². The molecule has 3 rings (SSSR count). The van der Waals surface area contributed by atoms with E-state index < -0.39 is 5.54 Å². The lowest BCUT2D eigenvalue weighted by molar-refractivity contribution is 0.0661. The smallest absolute Gasteiger partial charge is 0.256 e. The van der Waals surface area contributed by atoms with Crippen LogP contribution < -0.4 is 5.73 Å². The molecule has 1 saturated carbocycles. The van der Waals surface area contributed by atoms with E-state index in [0.717, 1.165) is 32.3 Å². The van der Waals surface area contributed by atoms with E-state index in [0.29, 0.717) is 23.6 Å². The maximum absolute atomic E-state index is 6.49. The first-order valence-corrected chi connectivity index (χ1v) is 7.33. The molecule has 0 amide bonds. The average Bonchev–Trinajstić information content (AvgIpc) is 2.96. The van der Waals surface area contributed by atoms with Gasteiger partial charge in [0, 0.05) is 6.61 Å². The van der Waals surface area contributed by atoms with E-state index in [1.165, 1.54) is 6.42 Å². The van der Waals surface area contributed by atoms with Gasteiger partial charge in [0.1, 0.15) is 6.10 Å². The number of hydrogen-bond donors (Lipinski definition) is 1. The Kier molecular flexibility index (Phi) is 3.35. The standard InChI is InChI=1S/C14H23N3O2/c1-9-4-3-6-14(15,8-9)13-16-12(19-17-13)11-10(2)5-7-18-11/h9-11H,3-8,15H2,1-2H3. The highest BCUT2D eigenvalue weighted by Gasteiger charge is 2.39. The van der Waals surface area contributed by atoms with Gasteiger partial charge in [0.2, 0.25) is 0 Å². The van der Waals surface area contributed by atoms with Crippen LogP contribution in [0.2, 0.25) is 0 Å². The van der Waals surface area contributed by atoms with Gasteiger partial charge in [-0.3, -0.25) is 0 Å². The molecule has 1 aliphatic heterocycles. The van der Waals surface area contributed by atoms with Gasteiger partial charge in [-0.1, -0.05) is 31.8 Å². The zero-order valence-corrected chi connectivity index (χ0v) is 11.8. The Morgan fingerprint density at radius 1 is 1.32 bits per heavy atom. The summed E-state index contributed by atoms with van der Waals surface area (Å²) in [6.45, 7) is 5.17. The lowest BCUT2D eigenvalue weighted by Crippen LogP contribution is -2.42. The van der Waals surface area contributed by atoms with Crippen molar-refractivity contribution in [3.8, 4) is 0 Å². The third-order valence-electron chi connectivity index (χ3n) is 4.55. The van der Waals surface area contributed by atoms with Crippen molar-refractivity contribution in [2.75, 3.05) is 6.61 Å². The minimum Gasteiger partial charge on any atom is -0.368 e. The molecular formula is C14H23N3O2. The molecule has 1 aromatic rings. The Bertz CT molecular complexity index is 448. The lowest BCUT2D eigenvalue weighted by Gasteiger charge is -2.33. The summed E-state index contributed by atoms with van der Waals surface area (Å²) < 4.78 is 11.1. The number of rotatable bonds is 2. The Balaban J connectivity index is 1.80. The molecule has 1 aromatic heterocycles. The molecule has 19 heavy (non-hydrogen) atoms. The quantitative estimate of drug-likeness (QED) is 0.889. The molecule has 2 heterocycles. The summed E-state index contributed by atoms with van der Waals surface area (Å²) in [6, 6.07) is 0. The van der Waals surface area contributed by atoms with Crippen LogP contribution in [0.5, 0.6) is 0 Å². The fraction of sp³-hybridized carbons (Fsp3) is 0.857. The maximum Gasteiger partial charge on any atom is 0.256 e. The Morgan fingerprint density at radius 2 is 2.16 bits per heavy atom. The fourth-order valence-electron chi connectivity index (χ4n) is 3.36. The normalized spacial score (nSPS) is 39.6. The van der Waals surface area contributed by atoms with Crippen LogP contribution in [-0.2, 0) is 10.3 Å². The van der Waals surface area contributed by atoms with E-state index in [1.54, 1.807) is 0 Å². The molecule has 1 saturated heterocycles. The average molecular weight is 265 g/mol. The highest BCUT2D eigenvalue weighted by atomic mass is 16.5. The van der Waals surface area contributed by atoms with E-state index in [2.05, 4.69) is 24.0 Å². The summed E-state index contributed by atoms with van der Waals surface area (Å²) in [4.78, 5) is 4.54. The van der Waals surface area contributed by atoms with Gasteiger partial charge in [0.25, 0.3) is 5.89 Å². The molecule has 0 spiro atoms. The van der Waals surface area contributed by atoms with Crippen LogP contribution in [0, 0.1) is 11.8 Å². The van der Waals surface area contributed by atoms with Crippen LogP contribution in [0.4, 0.5) is 0 Å². The minimum atomic E-state index is -0.415. The summed E-state index contributed by atoms with van der Waals surface area (Å²) in [5, 5.41) is 4.13. The van der Waals surface area contributed by atoms with Crippen LogP contribution in [0.3, 0.4) is 0 Å². The second kappa shape index (κ2) is 4.87. The second-order valence-electron chi connectivity index (χ2n) is 6.37. The van der Waals surface area contributed by atoms with Crippen LogP contribution in [0.1, 0.15) is 63.8 Å². The number of aromatic nitrogens is 2. The van der Waals surface area contributed by atoms with Gasteiger partial charge in [-0.05, 0) is 31.1 Å². The molecule has 106 valence electrons. The second-order valence-corrected chi connectivity index (χ2v) is 6.37. The van der Waals surface area contributed by atoms with Crippen molar-refractivity contribution < 1.29 is 9.26 Å². The van der Waals surface area contributed by atoms with Gasteiger partial charge in [0.15, 0.2) is 5.82 Å². The molecule has 4 atom stereocenters. The lowest BCUT2D eigenvalue weighted by atomic mass is 9.76. The van der Waals surface area contributed by atoms with Crippen molar-refractivity contribution >= 4 is 0 Å².